The number of hydrogen-bond donors (Lipinski definition) is 3. The number of alkyl halides is 3. The van der Waals surface area contributed by atoms with Gasteiger partial charge in [-0.2, -0.15) is 13.2 Å². The van der Waals surface area contributed by atoms with E-state index in [1.54, 1.807) is 37.4 Å². The summed E-state index contributed by atoms with van der Waals surface area (Å²) in [5, 5.41) is 14.4. The monoisotopic (exact) mass is 499 g/mol. The fraction of sp³-hybridized carbons (Fsp3) is 0.167. The van der Waals surface area contributed by atoms with Crippen molar-refractivity contribution in [3.8, 4) is 10.4 Å². The van der Waals surface area contributed by atoms with Crippen molar-refractivity contribution >= 4 is 28.9 Å². The number of rotatable bonds is 6. The Morgan fingerprint density at radius 1 is 1.09 bits per heavy atom. The van der Waals surface area contributed by atoms with Crippen LogP contribution < -0.4 is 11.1 Å². The molecule has 0 spiro atoms. The molecular formula is C24H20F3N5O2S. The summed E-state index contributed by atoms with van der Waals surface area (Å²) in [4.78, 5) is 23.9. The molecule has 35 heavy (non-hydrogen) atoms. The average molecular weight is 500 g/mol. The van der Waals surface area contributed by atoms with Crippen LogP contribution in [0.15, 0.2) is 60.9 Å². The first-order chi connectivity index (χ1) is 16.4. The molecule has 0 saturated carbocycles. The molecule has 4 rings (SSSR count). The number of carbonyl (C=O) groups is 1. The Labute approximate surface area is 202 Å². The van der Waals surface area contributed by atoms with Crippen molar-refractivity contribution in [2.75, 3.05) is 5.32 Å². The van der Waals surface area contributed by atoms with E-state index in [0.29, 0.717) is 21.8 Å². The van der Waals surface area contributed by atoms with Crippen LogP contribution in [0.4, 0.5) is 24.8 Å². The number of primary amides is 1. The fourth-order valence-electron chi connectivity index (χ4n) is 3.42. The van der Waals surface area contributed by atoms with E-state index in [0.717, 1.165) is 28.3 Å². The van der Waals surface area contributed by atoms with Gasteiger partial charge in [-0.1, -0.05) is 18.2 Å². The third-order valence-corrected chi connectivity index (χ3v) is 6.47. The van der Waals surface area contributed by atoms with E-state index in [1.807, 2.05) is 13.0 Å². The predicted molar refractivity (Wildman–Crippen MR) is 126 cm³/mol. The highest BCUT2D eigenvalue weighted by Crippen LogP contribution is 2.37. The van der Waals surface area contributed by atoms with Gasteiger partial charge in [0.2, 0.25) is 11.9 Å². The molecule has 0 bridgehead atoms. The van der Waals surface area contributed by atoms with E-state index < -0.39 is 23.4 Å². The van der Waals surface area contributed by atoms with Crippen molar-refractivity contribution in [2.45, 2.75) is 25.6 Å². The van der Waals surface area contributed by atoms with E-state index in [2.05, 4.69) is 20.3 Å². The molecule has 0 unspecified atom stereocenters. The molecule has 0 aliphatic carbocycles. The molecule has 11 heteroatoms. The maximum atomic E-state index is 13.0. The topological polar surface area (TPSA) is 114 Å². The smallest absolute Gasteiger partial charge is 0.378 e. The Balaban J connectivity index is 1.61. The van der Waals surface area contributed by atoms with Crippen molar-refractivity contribution in [3.05, 3.63) is 88.3 Å². The Bertz CT molecular complexity index is 1380. The molecular weight excluding hydrogens is 479 g/mol. The van der Waals surface area contributed by atoms with Gasteiger partial charge < -0.3 is 16.2 Å². The SMILES string of the molecule is Cc1cc(Nc2nccc(C(F)(F)F)n2)cc(-c2cnc([C@@](C)(O)c3ccc(C(N)=O)cc3)s2)c1. The molecule has 0 fully saturated rings. The fourth-order valence-corrected chi connectivity index (χ4v) is 4.39. The van der Waals surface area contributed by atoms with E-state index >= 15 is 0 Å². The first kappa shape index (κ1) is 24.3. The summed E-state index contributed by atoms with van der Waals surface area (Å²) < 4.78 is 38.9. The van der Waals surface area contributed by atoms with Crippen LogP contribution in [0.5, 0.6) is 0 Å². The number of nitrogens with one attached hydrogen (secondary N) is 1. The lowest BCUT2D eigenvalue weighted by atomic mass is 9.95. The lowest BCUT2D eigenvalue weighted by Crippen LogP contribution is -2.22. The lowest BCUT2D eigenvalue weighted by molar-refractivity contribution is -0.141. The summed E-state index contributed by atoms with van der Waals surface area (Å²) in [7, 11) is 0. The van der Waals surface area contributed by atoms with Crippen LogP contribution in [0.25, 0.3) is 10.4 Å². The Hall–Kier alpha value is -3.83. The minimum atomic E-state index is -4.58. The Morgan fingerprint density at radius 3 is 2.46 bits per heavy atom. The van der Waals surface area contributed by atoms with Crippen molar-refractivity contribution in [1.29, 1.82) is 0 Å². The quantitative estimate of drug-likeness (QED) is 0.343. The van der Waals surface area contributed by atoms with Gasteiger partial charge in [0.15, 0.2) is 0 Å². The number of anilines is 2. The molecule has 180 valence electrons. The van der Waals surface area contributed by atoms with Crippen LogP contribution in [0.1, 0.15) is 39.1 Å². The summed E-state index contributed by atoms with van der Waals surface area (Å²) >= 11 is 1.27. The minimum absolute atomic E-state index is 0.177. The average Bonchev–Trinajstić information content (AvgIpc) is 3.30. The molecule has 0 radical (unpaired) electrons. The van der Waals surface area contributed by atoms with Crippen molar-refractivity contribution in [3.63, 3.8) is 0 Å². The van der Waals surface area contributed by atoms with Gasteiger partial charge in [0.25, 0.3) is 0 Å². The van der Waals surface area contributed by atoms with Gasteiger partial charge in [-0.15, -0.1) is 11.3 Å². The number of hydrogen-bond acceptors (Lipinski definition) is 7. The van der Waals surface area contributed by atoms with Crippen molar-refractivity contribution < 1.29 is 23.1 Å². The standard InChI is InChI=1S/C24H20F3N5O2S/c1-13-9-15(11-17(10-13)31-22-29-8-7-19(32-22)24(25,26)27)18-12-30-21(35-18)23(2,34)16-5-3-14(4-6-16)20(28)33/h3-12,34H,1-2H3,(H2,28,33)(H,29,31,32)/t23-/m0/s1. The zero-order valence-electron chi connectivity index (χ0n) is 18.6. The molecule has 1 amide bonds. The molecule has 2 heterocycles. The second-order valence-corrected chi connectivity index (χ2v) is 9.05. The largest absolute Gasteiger partial charge is 0.433 e. The van der Waals surface area contributed by atoms with E-state index in [4.69, 9.17) is 5.73 Å². The molecule has 0 aliphatic rings. The molecule has 7 nitrogen and oxygen atoms in total. The van der Waals surface area contributed by atoms with Gasteiger partial charge in [-0.05, 0) is 60.9 Å². The van der Waals surface area contributed by atoms with Crippen LogP contribution >= 0.6 is 11.3 Å². The second kappa shape index (κ2) is 9.08. The van der Waals surface area contributed by atoms with Gasteiger partial charge in [0, 0.05) is 23.6 Å². The van der Waals surface area contributed by atoms with Crippen LogP contribution in [-0.2, 0) is 11.8 Å². The van der Waals surface area contributed by atoms with E-state index in [-0.39, 0.29) is 5.95 Å². The van der Waals surface area contributed by atoms with E-state index in [1.165, 1.54) is 23.5 Å². The normalized spacial score (nSPS) is 13.3. The first-order valence-corrected chi connectivity index (χ1v) is 11.1. The molecule has 2 aromatic carbocycles. The van der Waals surface area contributed by atoms with Gasteiger partial charge in [-0.3, -0.25) is 4.79 Å². The van der Waals surface area contributed by atoms with Crippen LogP contribution in [0, 0.1) is 6.92 Å². The molecule has 2 aromatic heterocycles. The van der Waals surface area contributed by atoms with E-state index in [9.17, 15) is 23.1 Å². The molecule has 0 aliphatic heterocycles. The number of nitrogens with zero attached hydrogens (tertiary/aromatic N) is 3. The highest BCUT2D eigenvalue weighted by atomic mass is 32.1. The van der Waals surface area contributed by atoms with Gasteiger partial charge in [0.1, 0.15) is 16.3 Å². The number of aromatic nitrogens is 3. The first-order valence-electron chi connectivity index (χ1n) is 10.3. The summed E-state index contributed by atoms with van der Waals surface area (Å²) in [6.07, 6.45) is -1.92. The van der Waals surface area contributed by atoms with Crippen LogP contribution in [-0.4, -0.2) is 26.0 Å². The third-order valence-electron chi connectivity index (χ3n) is 5.22. The Kier molecular flexibility index (Phi) is 6.30. The van der Waals surface area contributed by atoms with Crippen LogP contribution in [0.3, 0.4) is 0 Å². The summed E-state index contributed by atoms with van der Waals surface area (Å²) in [6, 6.07) is 12.5. The summed E-state index contributed by atoms with van der Waals surface area (Å²) in [6.45, 7) is 3.45. The van der Waals surface area contributed by atoms with Gasteiger partial charge >= 0.3 is 6.18 Å². The summed E-state index contributed by atoms with van der Waals surface area (Å²) in [5.41, 5.74) is 5.78. The summed E-state index contributed by atoms with van der Waals surface area (Å²) in [5.74, 6) is -0.740. The Morgan fingerprint density at radius 2 is 1.80 bits per heavy atom. The molecule has 0 saturated heterocycles. The van der Waals surface area contributed by atoms with Gasteiger partial charge in [0.05, 0.1) is 4.88 Å². The molecule has 4 N–H and O–H groups in total. The molecule has 1 atom stereocenters. The zero-order chi connectivity index (χ0) is 25.4. The number of thiazole rings is 1. The predicted octanol–water partition coefficient (Wildman–Crippen LogP) is 5.03. The van der Waals surface area contributed by atoms with Crippen molar-refractivity contribution in [1.82, 2.24) is 15.0 Å². The number of carbonyl (C=O) groups excluding carboxylic acids is 1. The number of nitrogens with two attached hydrogens (primary N) is 1. The molecule has 4 aromatic rings. The number of halogens is 3. The minimum Gasteiger partial charge on any atom is -0.378 e. The number of aliphatic hydroxyl groups is 1. The lowest BCUT2D eigenvalue weighted by Gasteiger charge is -2.21. The van der Waals surface area contributed by atoms with Crippen LogP contribution in [0.2, 0.25) is 0 Å². The number of amides is 1. The number of benzene rings is 2. The third kappa shape index (κ3) is 5.31. The zero-order valence-corrected chi connectivity index (χ0v) is 19.4. The second-order valence-electron chi connectivity index (χ2n) is 8.02. The maximum Gasteiger partial charge on any atom is 0.433 e. The van der Waals surface area contributed by atoms with Gasteiger partial charge in [-0.25, -0.2) is 15.0 Å². The maximum absolute atomic E-state index is 13.0. The highest BCUT2D eigenvalue weighted by Gasteiger charge is 2.33. The van der Waals surface area contributed by atoms with Crippen molar-refractivity contribution in [2.24, 2.45) is 5.73 Å². The highest BCUT2D eigenvalue weighted by molar-refractivity contribution is 7.15. The number of aryl methyl sites for hydroxylation is 1.